The summed E-state index contributed by atoms with van der Waals surface area (Å²) in [4.78, 5) is 36.0. The van der Waals surface area contributed by atoms with Crippen LogP contribution in [0.3, 0.4) is 0 Å². The maximum atomic E-state index is 14.4. The fourth-order valence-corrected chi connectivity index (χ4v) is 6.28. The number of methoxy groups -OCH3 is 1. The van der Waals surface area contributed by atoms with Crippen molar-refractivity contribution in [1.29, 1.82) is 0 Å². The molecule has 1 atom stereocenters. The summed E-state index contributed by atoms with van der Waals surface area (Å²) in [5.74, 6) is 0.814. The third-order valence-electron chi connectivity index (χ3n) is 8.01. The topological polar surface area (TPSA) is 95.4 Å². The van der Waals surface area contributed by atoms with Gasteiger partial charge in [-0.25, -0.2) is 9.59 Å². The minimum atomic E-state index is -1.37. The van der Waals surface area contributed by atoms with Gasteiger partial charge in [0.1, 0.15) is 11.5 Å². The maximum absolute atomic E-state index is 14.4. The molecular formula is C31H35ClN4O5. The number of anilines is 2. The highest BCUT2D eigenvalue weighted by molar-refractivity contribution is 6.31. The molecule has 0 radical (unpaired) electrons. The summed E-state index contributed by atoms with van der Waals surface area (Å²) in [6.07, 6.45) is 1.66. The van der Waals surface area contributed by atoms with Gasteiger partial charge in [0, 0.05) is 48.3 Å². The van der Waals surface area contributed by atoms with E-state index in [0.717, 1.165) is 67.0 Å². The number of carbonyl (C=O) groups is 2. The molecule has 1 fully saturated rings. The number of aryl methyl sites for hydroxylation is 3. The molecule has 1 aliphatic heterocycles. The van der Waals surface area contributed by atoms with Gasteiger partial charge in [-0.2, -0.15) is 0 Å². The smallest absolute Gasteiger partial charge is 0.495 e. The van der Waals surface area contributed by atoms with E-state index in [9.17, 15) is 9.59 Å². The first kappa shape index (κ1) is 28.5. The number of hydrogen-bond donors (Lipinski definition) is 1. The Labute approximate surface area is 245 Å². The number of carboxylic acid groups (broad SMARTS) is 1. The van der Waals surface area contributed by atoms with Gasteiger partial charge < -0.3 is 24.4 Å². The van der Waals surface area contributed by atoms with Gasteiger partial charge >= 0.3 is 12.2 Å². The van der Waals surface area contributed by atoms with Crippen molar-refractivity contribution in [1.82, 2.24) is 9.88 Å². The van der Waals surface area contributed by atoms with Crippen LogP contribution in [0.25, 0.3) is 0 Å². The number of aromatic nitrogens is 1. The van der Waals surface area contributed by atoms with Gasteiger partial charge in [0.15, 0.2) is 0 Å². The van der Waals surface area contributed by atoms with Gasteiger partial charge in [0.05, 0.1) is 18.8 Å². The summed E-state index contributed by atoms with van der Waals surface area (Å²) in [5, 5.41) is 9.61. The van der Waals surface area contributed by atoms with Crippen LogP contribution in [0.1, 0.15) is 47.8 Å². The summed E-state index contributed by atoms with van der Waals surface area (Å²) in [6, 6.07) is 14.3. The second-order valence-corrected chi connectivity index (χ2v) is 11.1. The number of amides is 2. The predicted octanol–water partition coefficient (Wildman–Crippen LogP) is 6.63. The van der Waals surface area contributed by atoms with E-state index in [0.29, 0.717) is 16.5 Å². The number of fused-ring (bicyclic) bond motifs is 1. The molecule has 41 heavy (non-hydrogen) atoms. The molecule has 0 saturated carbocycles. The summed E-state index contributed by atoms with van der Waals surface area (Å²) >= 11 is 6.44. The van der Waals surface area contributed by atoms with Crippen molar-refractivity contribution < 1.29 is 24.2 Å². The van der Waals surface area contributed by atoms with E-state index in [1.54, 1.807) is 49.4 Å². The Morgan fingerprint density at radius 1 is 1.02 bits per heavy atom. The van der Waals surface area contributed by atoms with Crippen LogP contribution < -0.4 is 19.3 Å². The first-order chi connectivity index (χ1) is 19.6. The minimum absolute atomic E-state index is 0.0832. The van der Waals surface area contributed by atoms with E-state index in [-0.39, 0.29) is 23.9 Å². The molecule has 1 unspecified atom stereocenters. The number of pyridine rings is 1. The van der Waals surface area contributed by atoms with Crippen molar-refractivity contribution in [2.75, 3.05) is 37.0 Å². The number of benzene rings is 2. The van der Waals surface area contributed by atoms with Crippen LogP contribution >= 0.6 is 11.6 Å². The lowest BCUT2D eigenvalue weighted by Crippen LogP contribution is -2.52. The number of urea groups is 1. The third-order valence-corrected chi connectivity index (χ3v) is 8.24. The Kier molecular flexibility index (Phi) is 8.26. The van der Waals surface area contributed by atoms with Crippen LogP contribution in [0.2, 0.25) is 5.02 Å². The molecule has 1 N–H and O–H groups in total. The average Bonchev–Trinajstić information content (AvgIpc) is 3.35. The first-order valence-electron chi connectivity index (χ1n) is 13.8. The van der Waals surface area contributed by atoms with Crippen LogP contribution in [0.5, 0.6) is 11.5 Å². The molecule has 2 aliphatic rings. The summed E-state index contributed by atoms with van der Waals surface area (Å²) in [5.41, 5.74) is 5.72. The van der Waals surface area contributed by atoms with Crippen molar-refractivity contribution in [3.63, 3.8) is 0 Å². The van der Waals surface area contributed by atoms with Crippen LogP contribution in [-0.4, -0.2) is 60.5 Å². The van der Waals surface area contributed by atoms with Crippen molar-refractivity contribution in [3.05, 3.63) is 76.1 Å². The Morgan fingerprint density at radius 3 is 2.39 bits per heavy atom. The third kappa shape index (κ3) is 6.05. The molecule has 2 aromatic carbocycles. The molecule has 10 heteroatoms. The molecule has 0 spiro atoms. The van der Waals surface area contributed by atoms with Gasteiger partial charge in [0.2, 0.25) is 0 Å². The highest BCUT2D eigenvalue weighted by Gasteiger charge is 2.37. The molecule has 0 bridgehead atoms. The first-order valence-corrected chi connectivity index (χ1v) is 14.2. The van der Waals surface area contributed by atoms with Gasteiger partial charge in [-0.1, -0.05) is 17.7 Å². The summed E-state index contributed by atoms with van der Waals surface area (Å²) < 4.78 is 10.6. The van der Waals surface area contributed by atoms with Gasteiger partial charge in [0.25, 0.3) is 0 Å². The van der Waals surface area contributed by atoms with E-state index >= 15 is 0 Å². The lowest BCUT2D eigenvalue weighted by atomic mass is 10.0. The second-order valence-electron chi connectivity index (χ2n) is 10.7. The molecular weight excluding hydrogens is 544 g/mol. The summed E-state index contributed by atoms with van der Waals surface area (Å²) in [7, 11) is 3.39. The van der Waals surface area contributed by atoms with E-state index in [1.165, 1.54) is 0 Å². The molecule has 1 saturated heterocycles. The quantitative estimate of drug-likeness (QED) is 0.259. The molecule has 1 aromatic heterocycles. The Balaban J connectivity index is 1.44. The molecule has 2 amide bonds. The van der Waals surface area contributed by atoms with E-state index in [1.807, 2.05) is 24.8 Å². The molecule has 9 nitrogen and oxygen atoms in total. The van der Waals surface area contributed by atoms with Crippen LogP contribution in [0.4, 0.5) is 21.0 Å². The van der Waals surface area contributed by atoms with Gasteiger partial charge in [-0.15, -0.1) is 0 Å². The molecule has 216 valence electrons. The Hall–Kier alpha value is -3.98. The Bertz CT molecular complexity index is 1440. The van der Waals surface area contributed by atoms with Crippen LogP contribution in [0, 0.1) is 13.8 Å². The zero-order valence-electron chi connectivity index (χ0n) is 23.8. The van der Waals surface area contributed by atoms with Gasteiger partial charge in [-0.3, -0.25) is 9.88 Å². The zero-order valence-corrected chi connectivity index (χ0v) is 24.5. The summed E-state index contributed by atoms with van der Waals surface area (Å²) in [6.45, 7) is 5.57. The lowest BCUT2D eigenvalue weighted by Gasteiger charge is -2.42. The van der Waals surface area contributed by atoms with Gasteiger partial charge in [-0.05, 0) is 93.1 Å². The fourth-order valence-electron chi connectivity index (χ4n) is 6.11. The lowest BCUT2D eigenvalue weighted by molar-refractivity contribution is 0.144. The molecule has 5 rings (SSSR count). The standard InChI is InChI=1S/C31H35ClN4O5/c1-19-15-24(16-20(2)33-19)35-13-11-23(12-14-35)36(28-17-22(32)7-10-29(28)40-4)30(37)34(3)27-9-6-21-5-8-25(18-26(21)27)41-31(38)39/h5,7-8,10,15-18,23,27H,6,9,11-14H2,1-4H3,(H,38,39). The number of halogens is 1. The maximum Gasteiger partial charge on any atom is 0.511 e. The predicted molar refractivity (Wildman–Crippen MR) is 159 cm³/mol. The number of rotatable bonds is 6. The normalized spacial score (nSPS) is 16.7. The Morgan fingerprint density at radius 2 is 1.73 bits per heavy atom. The fraction of sp³-hybridized carbons (Fsp3) is 0.387. The molecule has 2 heterocycles. The van der Waals surface area contributed by atoms with Crippen LogP contribution in [0.15, 0.2) is 48.5 Å². The van der Waals surface area contributed by atoms with Crippen molar-refractivity contribution in [2.45, 2.75) is 51.6 Å². The number of piperidine rings is 1. The van der Waals surface area contributed by atoms with E-state index < -0.39 is 6.16 Å². The molecule has 1 aliphatic carbocycles. The molecule has 3 aromatic rings. The van der Waals surface area contributed by atoms with E-state index in [4.69, 9.17) is 26.2 Å². The number of hydrogen-bond acceptors (Lipinski definition) is 6. The van der Waals surface area contributed by atoms with Crippen molar-refractivity contribution in [2.24, 2.45) is 0 Å². The minimum Gasteiger partial charge on any atom is -0.495 e. The average molecular weight is 579 g/mol. The highest BCUT2D eigenvalue weighted by atomic mass is 35.5. The number of nitrogens with zero attached hydrogens (tertiary/aromatic N) is 4. The monoisotopic (exact) mass is 578 g/mol. The van der Waals surface area contributed by atoms with E-state index in [2.05, 4.69) is 22.0 Å². The second kappa shape index (κ2) is 11.9. The SMILES string of the molecule is COc1ccc(Cl)cc1N(C(=O)N(C)C1CCc2ccc(OC(=O)O)cc21)C1CCN(c2cc(C)nc(C)c2)CC1. The number of carbonyl (C=O) groups excluding carboxylic acids is 1. The van der Waals surface area contributed by atoms with Crippen molar-refractivity contribution in [3.8, 4) is 11.5 Å². The zero-order chi connectivity index (χ0) is 29.3. The van der Waals surface area contributed by atoms with Crippen molar-refractivity contribution >= 4 is 35.2 Å². The largest absolute Gasteiger partial charge is 0.511 e. The highest BCUT2D eigenvalue weighted by Crippen LogP contribution is 2.41. The number of ether oxygens (including phenoxy) is 2. The van der Waals surface area contributed by atoms with Crippen LogP contribution in [-0.2, 0) is 6.42 Å².